The zero-order chi connectivity index (χ0) is 13.1. The molecule has 1 atom stereocenters. The van der Waals surface area contributed by atoms with Gasteiger partial charge in [-0.1, -0.05) is 0 Å². The van der Waals surface area contributed by atoms with Crippen LogP contribution in [0, 0.1) is 0 Å². The van der Waals surface area contributed by atoms with E-state index in [9.17, 15) is 13.2 Å². The van der Waals surface area contributed by atoms with Gasteiger partial charge in [0.25, 0.3) is 0 Å². The average Bonchev–Trinajstić information content (AvgIpc) is 2.74. The first-order valence-electron chi connectivity index (χ1n) is 5.20. The Kier molecular flexibility index (Phi) is 4.16. The van der Waals surface area contributed by atoms with Gasteiger partial charge >= 0.3 is 6.18 Å². The summed E-state index contributed by atoms with van der Waals surface area (Å²) in [4.78, 5) is 0. The second-order valence-electron chi connectivity index (χ2n) is 4.21. The van der Waals surface area contributed by atoms with Crippen LogP contribution in [0.15, 0.2) is 12.4 Å². The molecule has 0 bridgehead atoms. The summed E-state index contributed by atoms with van der Waals surface area (Å²) in [7, 11) is 1.69. The number of aliphatic hydroxyl groups is 1. The van der Waals surface area contributed by atoms with Crippen molar-refractivity contribution in [3.05, 3.63) is 18.0 Å². The second kappa shape index (κ2) is 5.05. The molecule has 0 aliphatic rings. The summed E-state index contributed by atoms with van der Waals surface area (Å²) in [5, 5.41) is 15.7. The Balaban J connectivity index is 2.62. The van der Waals surface area contributed by atoms with Crippen molar-refractivity contribution in [3.8, 4) is 0 Å². The predicted molar refractivity (Wildman–Crippen MR) is 56.4 cm³/mol. The number of aliphatic hydroxyl groups excluding tert-OH is 1. The summed E-state index contributed by atoms with van der Waals surface area (Å²) in [6.45, 7) is 2.02. The topological polar surface area (TPSA) is 50.1 Å². The number of nitrogens with zero attached hydrogens (tertiary/aromatic N) is 2. The zero-order valence-electron chi connectivity index (χ0n) is 9.75. The van der Waals surface area contributed by atoms with Crippen molar-refractivity contribution in [2.75, 3.05) is 13.7 Å². The van der Waals surface area contributed by atoms with E-state index in [0.29, 0.717) is 13.0 Å². The SMILES string of the molecule is CNC(C)(CO)CCn1cc(C(F)(F)F)cn1. The highest BCUT2D eigenvalue weighted by atomic mass is 19.4. The first-order chi connectivity index (χ1) is 7.80. The van der Waals surface area contributed by atoms with Gasteiger partial charge in [0.15, 0.2) is 0 Å². The van der Waals surface area contributed by atoms with Crippen molar-refractivity contribution in [1.29, 1.82) is 0 Å². The van der Waals surface area contributed by atoms with E-state index in [0.717, 1.165) is 12.4 Å². The minimum atomic E-state index is -4.36. The molecule has 17 heavy (non-hydrogen) atoms. The van der Waals surface area contributed by atoms with Crippen molar-refractivity contribution < 1.29 is 18.3 Å². The first kappa shape index (κ1) is 14.0. The Morgan fingerprint density at radius 1 is 1.47 bits per heavy atom. The molecule has 1 unspecified atom stereocenters. The van der Waals surface area contributed by atoms with Crippen LogP contribution in [0.3, 0.4) is 0 Å². The Morgan fingerprint density at radius 3 is 2.53 bits per heavy atom. The molecule has 0 aliphatic carbocycles. The lowest BCUT2D eigenvalue weighted by molar-refractivity contribution is -0.137. The van der Waals surface area contributed by atoms with Crippen LogP contribution in [-0.4, -0.2) is 34.1 Å². The maximum absolute atomic E-state index is 12.3. The minimum absolute atomic E-state index is 0.0864. The third-order valence-corrected chi connectivity index (χ3v) is 2.81. The molecule has 0 saturated carbocycles. The van der Waals surface area contributed by atoms with Crippen molar-refractivity contribution >= 4 is 0 Å². The zero-order valence-corrected chi connectivity index (χ0v) is 9.75. The molecule has 0 amide bonds. The third-order valence-electron chi connectivity index (χ3n) is 2.81. The van der Waals surface area contributed by atoms with Crippen molar-refractivity contribution in [1.82, 2.24) is 15.1 Å². The van der Waals surface area contributed by atoms with Gasteiger partial charge in [-0.25, -0.2) is 0 Å². The fraction of sp³-hybridized carbons (Fsp3) is 0.700. The van der Waals surface area contributed by atoms with E-state index in [4.69, 9.17) is 5.11 Å². The van der Waals surface area contributed by atoms with Gasteiger partial charge in [-0.3, -0.25) is 4.68 Å². The van der Waals surface area contributed by atoms with Gasteiger partial charge in [-0.05, 0) is 20.4 Å². The lowest BCUT2D eigenvalue weighted by Gasteiger charge is -2.26. The molecule has 0 fully saturated rings. The predicted octanol–water partition coefficient (Wildman–Crippen LogP) is 1.26. The van der Waals surface area contributed by atoms with Crippen LogP contribution in [0.2, 0.25) is 0 Å². The summed E-state index contributed by atoms with van der Waals surface area (Å²) < 4.78 is 38.1. The van der Waals surface area contributed by atoms with Crippen LogP contribution in [0.25, 0.3) is 0 Å². The lowest BCUT2D eigenvalue weighted by Crippen LogP contribution is -2.44. The summed E-state index contributed by atoms with van der Waals surface area (Å²) in [5.41, 5.74) is -1.27. The standard InChI is InChI=1S/C10H16F3N3O/c1-9(7-17,14-2)3-4-16-6-8(5-15-16)10(11,12)13/h5-6,14,17H,3-4,7H2,1-2H3. The highest BCUT2D eigenvalue weighted by Crippen LogP contribution is 2.28. The van der Waals surface area contributed by atoms with E-state index in [1.54, 1.807) is 14.0 Å². The van der Waals surface area contributed by atoms with E-state index in [1.165, 1.54) is 4.68 Å². The molecule has 1 aromatic heterocycles. The maximum Gasteiger partial charge on any atom is 0.419 e. The highest BCUT2D eigenvalue weighted by Gasteiger charge is 2.32. The van der Waals surface area contributed by atoms with Gasteiger partial charge in [0, 0.05) is 18.3 Å². The summed E-state index contributed by atoms with van der Waals surface area (Å²) in [6, 6.07) is 0. The highest BCUT2D eigenvalue weighted by molar-refractivity contribution is 5.08. The van der Waals surface area contributed by atoms with Crippen molar-refractivity contribution in [2.45, 2.75) is 31.6 Å². The van der Waals surface area contributed by atoms with Gasteiger partial charge in [0.05, 0.1) is 18.4 Å². The number of hydrogen-bond donors (Lipinski definition) is 2. The molecule has 0 radical (unpaired) electrons. The smallest absolute Gasteiger partial charge is 0.394 e. The van der Waals surface area contributed by atoms with Gasteiger partial charge in [0.2, 0.25) is 0 Å². The van der Waals surface area contributed by atoms with E-state index < -0.39 is 17.3 Å². The molecule has 4 nitrogen and oxygen atoms in total. The molecular formula is C10H16F3N3O. The van der Waals surface area contributed by atoms with Crippen molar-refractivity contribution in [2.24, 2.45) is 0 Å². The van der Waals surface area contributed by atoms with E-state index in [-0.39, 0.29) is 6.61 Å². The van der Waals surface area contributed by atoms with E-state index in [1.807, 2.05) is 0 Å². The van der Waals surface area contributed by atoms with Crippen LogP contribution in [-0.2, 0) is 12.7 Å². The number of likely N-dealkylation sites (N-methyl/N-ethyl adjacent to an activating group) is 1. The maximum atomic E-state index is 12.3. The van der Waals surface area contributed by atoms with Crippen LogP contribution >= 0.6 is 0 Å². The summed E-state index contributed by atoms with van der Waals surface area (Å²) in [6.07, 6.45) is -2.11. The molecule has 1 heterocycles. The van der Waals surface area contributed by atoms with Gasteiger partial charge in [-0.15, -0.1) is 0 Å². The molecule has 98 valence electrons. The van der Waals surface area contributed by atoms with Crippen molar-refractivity contribution in [3.63, 3.8) is 0 Å². The Hall–Kier alpha value is -1.08. The molecule has 0 aromatic carbocycles. The van der Waals surface area contributed by atoms with Crippen LogP contribution in [0.1, 0.15) is 18.9 Å². The molecule has 0 saturated heterocycles. The lowest BCUT2D eigenvalue weighted by atomic mass is 10.00. The molecule has 0 spiro atoms. The minimum Gasteiger partial charge on any atom is -0.394 e. The molecule has 1 aromatic rings. The third kappa shape index (κ3) is 3.71. The quantitative estimate of drug-likeness (QED) is 0.828. The number of alkyl halides is 3. The van der Waals surface area contributed by atoms with Crippen LogP contribution < -0.4 is 5.32 Å². The fourth-order valence-electron chi connectivity index (χ4n) is 1.28. The summed E-state index contributed by atoms with van der Waals surface area (Å²) in [5.74, 6) is 0. The number of rotatable bonds is 5. The molecule has 0 aliphatic heterocycles. The number of aromatic nitrogens is 2. The number of hydrogen-bond acceptors (Lipinski definition) is 3. The molecule has 7 heteroatoms. The van der Waals surface area contributed by atoms with E-state index in [2.05, 4.69) is 10.4 Å². The number of nitrogens with one attached hydrogen (secondary N) is 1. The summed E-state index contributed by atoms with van der Waals surface area (Å²) >= 11 is 0. The Morgan fingerprint density at radius 2 is 2.12 bits per heavy atom. The monoisotopic (exact) mass is 251 g/mol. The normalized spacial score (nSPS) is 15.9. The average molecular weight is 251 g/mol. The molecule has 1 rings (SSSR count). The Bertz CT molecular complexity index is 358. The largest absolute Gasteiger partial charge is 0.419 e. The number of halogens is 3. The molecule has 2 N–H and O–H groups in total. The van der Waals surface area contributed by atoms with Crippen LogP contribution in [0.4, 0.5) is 13.2 Å². The van der Waals surface area contributed by atoms with E-state index >= 15 is 0 Å². The van der Waals surface area contributed by atoms with Gasteiger partial charge in [0.1, 0.15) is 0 Å². The van der Waals surface area contributed by atoms with Crippen LogP contribution in [0.5, 0.6) is 0 Å². The second-order valence-corrected chi connectivity index (χ2v) is 4.21. The molecular weight excluding hydrogens is 235 g/mol. The first-order valence-corrected chi connectivity index (χ1v) is 5.20. The van der Waals surface area contributed by atoms with Gasteiger partial charge < -0.3 is 10.4 Å². The van der Waals surface area contributed by atoms with Gasteiger partial charge in [-0.2, -0.15) is 18.3 Å². The Labute approximate surface area is 97.4 Å². The fourth-order valence-corrected chi connectivity index (χ4v) is 1.28. The number of aryl methyl sites for hydroxylation is 1.